The predicted molar refractivity (Wildman–Crippen MR) is 111 cm³/mol. The summed E-state index contributed by atoms with van der Waals surface area (Å²) in [7, 11) is 3.64. The fourth-order valence-electron chi connectivity index (χ4n) is 3.57. The van der Waals surface area contributed by atoms with Crippen molar-refractivity contribution in [2.24, 2.45) is 7.05 Å². The van der Waals surface area contributed by atoms with Gasteiger partial charge < -0.3 is 20.7 Å². The lowest BCUT2D eigenvalue weighted by Crippen LogP contribution is -2.35. The topological polar surface area (TPSA) is 123 Å². The molecule has 1 amide bonds. The van der Waals surface area contributed by atoms with Crippen LogP contribution in [0.3, 0.4) is 0 Å². The van der Waals surface area contributed by atoms with Crippen molar-refractivity contribution in [3.63, 3.8) is 0 Å². The van der Waals surface area contributed by atoms with Crippen molar-refractivity contribution in [2.75, 3.05) is 24.3 Å². The van der Waals surface area contributed by atoms with E-state index in [-0.39, 0.29) is 11.9 Å². The quantitative estimate of drug-likeness (QED) is 0.433. The van der Waals surface area contributed by atoms with Crippen LogP contribution in [0.15, 0.2) is 24.4 Å². The third-order valence-corrected chi connectivity index (χ3v) is 5.03. The lowest BCUT2D eigenvalue weighted by Gasteiger charge is -2.16. The van der Waals surface area contributed by atoms with E-state index in [0.29, 0.717) is 36.1 Å². The van der Waals surface area contributed by atoms with Crippen LogP contribution in [0, 0.1) is 0 Å². The Morgan fingerprint density at radius 1 is 1.30 bits per heavy atom. The highest BCUT2D eigenvalue weighted by atomic mass is 16.5. The molecule has 0 aliphatic carbocycles. The normalized spacial score (nSPS) is 17.0. The van der Waals surface area contributed by atoms with Crippen molar-refractivity contribution in [2.45, 2.75) is 19.6 Å². The van der Waals surface area contributed by atoms with Crippen molar-refractivity contribution < 1.29 is 9.53 Å². The van der Waals surface area contributed by atoms with Crippen LogP contribution in [-0.2, 0) is 18.4 Å². The minimum Gasteiger partial charge on any atom is -0.375 e. The van der Waals surface area contributed by atoms with Gasteiger partial charge in [0.25, 0.3) is 5.91 Å². The number of benzene rings is 1. The van der Waals surface area contributed by atoms with Crippen molar-refractivity contribution in [3.05, 3.63) is 35.5 Å². The van der Waals surface area contributed by atoms with Crippen LogP contribution < -0.4 is 16.0 Å². The molecule has 1 atom stereocenters. The molecule has 0 fully saturated rings. The van der Waals surface area contributed by atoms with E-state index in [4.69, 9.17) is 4.74 Å². The molecule has 0 spiro atoms. The zero-order valence-corrected chi connectivity index (χ0v) is 16.8. The van der Waals surface area contributed by atoms with Gasteiger partial charge in [0.1, 0.15) is 22.7 Å². The van der Waals surface area contributed by atoms with E-state index in [9.17, 15) is 4.79 Å². The lowest BCUT2D eigenvalue weighted by atomic mass is 10.1. The van der Waals surface area contributed by atoms with E-state index in [2.05, 4.69) is 36.3 Å². The lowest BCUT2D eigenvalue weighted by molar-refractivity contribution is 0.0821. The second-order valence-electron chi connectivity index (χ2n) is 7.31. The summed E-state index contributed by atoms with van der Waals surface area (Å²) in [5.74, 6) is 0.993. The monoisotopic (exact) mass is 407 g/mol. The SMILES string of the molecule is CNc1cc2nc3c(cnn13)C(=O)N[C@H](C)COCc1cc(c3nnn(C)c3c1)N2. The average Bonchev–Trinajstić information content (AvgIpc) is 3.31. The van der Waals surface area contributed by atoms with Crippen molar-refractivity contribution >= 4 is 39.9 Å². The highest BCUT2D eigenvalue weighted by Crippen LogP contribution is 2.28. The van der Waals surface area contributed by atoms with E-state index in [1.54, 1.807) is 16.2 Å². The Balaban J connectivity index is 1.72. The van der Waals surface area contributed by atoms with Gasteiger partial charge >= 0.3 is 0 Å². The van der Waals surface area contributed by atoms with Gasteiger partial charge in [0.15, 0.2) is 5.65 Å². The smallest absolute Gasteiger partial charge is 0.257 e. The summed E-state index contributed by atoms with van der Waals surface area (Å²) < 4.78 is 9.17. The summed E-state index contributed by atoms with van der Waals surface area (Å²) in [6.45, 7) is 2.66. The molecular weight excluding hydrogens is 386 g/mol. The van der Waals surface area contributed by atoms with Gasteiger partial charge in [0, 0.05) is 26.2 Å². The summed E-state index contributed by atoms with van der Waals surface area (Å²) in [5.41, 5.74) is 4.16. The highest BCUT2D eigenvalue weighted by Gasteiger charge is 2.20. The molecule has 1 aliphatic heterocycles. The predicted octanol–water partition coefficient (Wildman–Crippen LogP) is 1.44. The Labute approximate surface area is 171 Å². The molecule has 154 valence electrons. The van der Waals surface area contributed by atoms with Crippen molar-refractivity contribution in [1.82, 2.24) is 34.9 Å². The first-order chi connectivity index (χ1) is 14.5. The number of nitrogens with one attached hydrogen (secondary N) is 3. The van der Waals surface area contributed by atoms with Gasteiger partial charge in [0.2, 0.25) is 0 Å². The molecule has 3 N–H and O–H groups in total. The molecule has 0 unspecified atom stereocenters. The number of aryl methyl sites for hydroxylation is 1. The number of carbonyl (C=O) groups excluding carboxylic acids is 1. The molecule has 4 bridgehead atoms. The molecule has 1 aromatic carbocycles. The molecule has 0 saturated carbocycles. The van der Waals surface area contributed by atoms with Crippen molar-refractivity contribution in [3.8, 4) is 0 Å². The maximum absolute atomic E-state index is 12.8. The number of carbonyl (C=O) groups is 1. The number of hydrogen-bond acceptors (Lipinski definition) is 8. The van der Waals surface area contributed by atoms with Gasteiger partial charge in [-0.15, -0.1) is 5.10 Å². The fourth-order valence-corrected chi connectivity index (χ4v) is 3.57. The van der Waals surface area contributed by atoms with Gasteiger partial charge in [-0.3, -0.25) is 4.79 Å². The molecule has 4 aromatic rings. The minimum atomic E-state index is -0.250. The minimum absolute atomic E-state index is 0.179. The van der Waals surface area contributed by atoms with E-state index >= 15 is 0 Å². The van der Waals surface area contributed by atoms with Gasteiger partial charge in [-0.2, -0.15) is 9.61 Å². The van der Waals surface area contributed by atoms with E-state index < -0.39 is 0 Å². The number of hydrogen-bond donors (Lipinski definition) is 3. The summed E-state index contributed by atoms with van der Waals surface area (Å²) in [4.78, 5) is 17.5. The molecular formula is C19H21N9O2. The molecule has 5 rings (SSSR count). The third kappa shape index (κ3) is 2.99. The maximum atomic E-state index is 12.8. The Morgan fingerprint density at radius 3 is 3.00 bits per heavy atom. The van der Waals surface area contributed by atoms with Crippen LogP contribution in [0.4, 0.5) is 17.3 Å². The van der Waals surface area contributed by atoms with Crippen LogP contribution in [0.2, 0.25) is 0 Å². The number of fused-ring (bicyclic) bond motifs is 5. The zero-order chi connectivity index (χ0) is 20.8. The van der Waals surface area contributed by atoms with Crippen molar-refractivity contribution in [1.29, 1.82) is 0 Å². The first kappa shape index (κ1) is 18.3. The summed E-state index contributed by atoms with van der Waals surface area (Å²) in [6.07, 6.45) is 1.52. The number of amides is 1. The van der Waals surface area contributed by atoms with Gasteiger partial charge in [-0.25, -0.2) is 9.67 Å². The standard InChI is InChI=1S/C19H21N9O2/c1-10-8-30-9-11-4-13(17-14(5-11)27(3)26-25-17)23-15-6-16(20-2)28-18(24-15)12(7-21-28)19(29)22-10/h4-7,10,20H,8-9H2,1-3H3,(H,22,29)(H,23,24)/t10-/m1/s1. The van der Waals surface area contributed by atoms with Crippen LogP contribution in [0.25, 0.3) is 16.7 Å². The number of aromatic nitrogens is 6. The van der Waals surface area contributed by atoms with Crippen LogP contribution >= 0.6 is 0 Å². The number of anilines is 3. The summed E-state index contributed by atoms with van der Waals surface area (Å²) >= 11 is 0. The Kier molecular flexibility index (Phi) is 4.24. The van der Waals surface area contributed by atoms with Crippen LogP contribution in [0.1, 0.15) is 22.8 Å². The first-order valence-corrected chi connectivity index (χ1v) is 9.58. The Hall–Kier alpha value is -3.73. The molecule has 0 radical (unpaired) electrons. The summed E-state index contributed by atoms with van der Waals surface area (Å²) in [5, 5.41) is 22.1. The van der Waals surface area contributed by atoms with Crippen LogP contribution in [0.5, 0.6) is 0 Å². The number of nitrogens with zero attached hydrogens (tertiary/aromatic N) is 6. The first-order valence-electron chi connectivity index (χ1n) is 9.58. The molecule has 0 saturated heterocycles. The molecule has 11 heteroatoms. The Bertz CT molecular complexity index is 1280. The Morgan fingerprint density at radius 2 is 2.17 bits per heavy atom. The second kappa shape index (κ2) is 6.95. The molecule has 3 aromatic heterocycles. The maximum Gasteiger partial charge on any atom is 0.257 e. The number of rotatable bonds is 1. The average molecular weight is 407 g/mol. The van der Waals surface area contributed by atoms with E-state index in [0.717, 1.165) is 22.3 Å². The third-order valence-electron chi connectivity index (χ3n) is 5.03. The number of ether oxygens (including phenoxy) is 1. The highest BCUT2D eigenvalue weighted by molar-refractivity contribution is 6.00. The largest absolute Gasteiger partial charge is 0.375 e. The molecule has 11 nitrogen and oxygen atoms in total. The van der Waals surface area contributed by atoms with Gasteiger partial charge in [-0.05, 0) is 24.6 Å². The second-order valence-corrected chi connectivity index (χ2v) is 7.31. The van der Waals surface area contributed by atoms with E-state index in [1.165, 1.54) is 6.20 Å². The zero-order valence-electron chi connectivity index (χ0n) is 16.8. The van der Waals surface area contributed by atoms with E-state index in [1.807, 2.05) is 32.2 Å². The molecule has 30 heavy (non-hydrogen) atoms. The molecule has 4 heterocycles. The summed E-state index contributed by atoms with van der Waals surface area (Å²) in [6, 6.07) is 5.62. The van der Waals surface area contributed by atoms with Gasteiger partial charge in [0.05, 0.1) is 30.6 Å². The van der Waals surface area contributed by atoms with Gasteiger partial charge in [-0.1, -0.05) is 5.21 Å². The molecule has 1 aliphatic rings. The fraction of sp³-hybridized carbons (Fsp3) is 0.316. The van der Waals surface area contributed by atoms with Crippen LogP contribution in [-0.4, -0.2) is 55.2 Å².